The molecule has 0 aromatic heterocycles. The van der Waals surface area contributed by atoms with Crippen molar-refractivity contribution in [2.45, 2.75) is 25.3 Å². The smallest absolute Gasteiger partial charge is 0.238 e. The minimum absolute atomic E-state index is 0.0898. The minimum Gasteiger partial charge on any atom is -0.329 e. The van der Waals surface area contributed by atoms with Crippen LogP contribution in [-0.2, 0) is 4.79 Å². The van der Waals surface area contributed by atoms with Gasteiger partial charge in [0.25, 0.3) is 0 Å². The van der Waals surface area contributed by atoms with Gasteiger partial charge in [0, 0.05) is 12.6 Å². The molecule has 0 saturated carbocycles. The van der Waals surface area contributed by atoms with Gasteiger partial charge in [-0.05, 0) is 31.5 Å². The molecule has 1 unspecified atom stereocenters. The van der Waals surface area contributed by atoms with Gasteiger partial charge in [-0.15, -0.1) is 0 Å². The Morgan fingerprint density at radius 1 is 1.45 bits per heavy atom. The van der Waals surface area contributed by atoms with E-state index >= 15 is 0 Å². The molecule has 1 atom stereocenters. The van der Waals surface area contributed by atoms with E-state index in [-0.39, 0.29) is 5.91 Å². The van der Waals surface area contributed by atoms with Crippen LogP contribution in [0.25, 0.3) is 0 Å². The van der Waals surface area contributed by atoms with E-state index in [1.54, 1.807) is 24.3 Å². The number of nitriles is 1. The van der Waals surface area contributed by atoms with E-state index in [1.165, 1.54) is 6.42 Å². The molecule has 5 heteroatoms. The molecule has 0 spiro atoms. The number of amides is 1. The van der Waals surface area contributed by atoms with Crippen LogP contribution in [0.15, 0.2) is 24.3 Å². The number of rotatable bonds is 4. The van der Waals surface area contributed by atoms with Gasteiger partial charge in [-0.25, -0.2) is 0 Å². The third-order valence-corrected chi connectivity index (χ3v) is 3.69. The maximum absolute atomic E-state index is 12.1. The lowest BCUT2D eigenvalue weighted by Gasteiger charge is -2.34. The molecule has 1 aliphatic rings. The van der Waals surface area contributed by atoms with Crippen LogP contribution in [0, 0.1) is 11.3 Å². The number of carbonyl (C=O) groups excluding carboxylic acids is 1. The summed E-state index contributed by atoms with van der Waals surface area (Å²) in [5, 5.41) is 11.8. The van der Waals surface area contributed by atoms with Crippen molar-refractivity contribution in [3.8, 4) is 6.07 Å². The SMILES string of the molecule is N#Cc1ccccc1NC(=O)CN1CCCCC1CN. The molecule has 20 heavy (non-hydrogen) atoms. The van der Waals surface area contributed by atoms with Crippen LogP contribution < -0.4 is 11.1 Å². The lowest BCUT2D eigenvalue weighted by Crippen LogP contribution is -2.47. The highest BCUT2D eigenvalue weighted by Gasteiger charge is 2.23. The molecule has 1 saturated heterocycles. The largest absolute Gasteiger partial charge is 0.329 e. The Morgan fingerprint density at radius 2 is 2.25 bits per heavy atom. The Morgan fingerprint density at radius 3 is 3.00 bits per heavy atom. The zero-order valence-corrected chi connectivity index (χ0v) is 11.5. The van der Waals surface area contributed by atoms with Gasteiger partial charge in [-0.2, -0.15) is 5.26 Å². The number of nitrogens with two attached hydrogens (primary N) is 1. The van der Waals surface area contributed by atoms with E-state index in [2.05, 4.69) is 16.3 Å². The Hall–Kier alpha value is -1.90. The first-order chi connectivity index (χ1) is 9.74. The van der Waals surface area contributed by atoms with Crippen LogP contribution >= 0.6 is 0 Å². The van der Waals surface area contributed by atoms with Crippen LogP contribution in [-0.4, -0.2) is 36.5 Å². The number of likely N-dealkylation sites (tertiary alicyclic amines) is 1. The summed E-state index contributed by atoms with van der Waals surface area (Å²) in [5.41, 5.74) is 6.80. The lowest BCUT2D eigenvalue weighted by molar-refractivity contribution is -0.118. The molecule has 1 amide bonds. The number of nitrogens with zero attached hydrogens (tertiary/aromatic N) is 2. The predicted molar refractivity (Wildman–Crippen MR) is 78.1 cm³/mol. The molecule has 1 aromatic carbocycles. The standard InChI is InChI=1S/C15H20N4O/c16-9-12-5-1-2-7-14(12)18-15(20)11-19-8-4-3-6-13(19)10-17/h1-2,5,7,13H,3-4,6,8,10-11,17H2,(H,18,20). The predicted octanol–water partition coefficient (Wildman–Crippen LogP) is 1.31. The summed E-state index contributed by atoms with van der Waals surface area (Å²) in [6.45, 7) is 1.83. The van der Waals surface area contributed by atoms with Gasteiger partial charge in [0.1, 0.15) is 6.07 Å². The molecule has 0 aliphatic carbocycles. The van der Waals surface area contributed by atoms with E-state index < -0.39 is 0 Å². The van der Waals surface area contributed by atoms with Crippen molar-refractivity contribution in [3.63, 3.8) is 0 Å². The molecule has 2 rings (SSSR count). The molecule has 3 N–H and O–H groups in total. The molecule has 1 fully saturated rings. The fourth-order valence-electron chi connectivity index (χ4n) is 2.60. The fraction of sp³-hybridized carbons (Fsp3) is 0.467. The van der Waals surface area contributed by atoms with E-state index in [0.717, 1.165) is 19.4 Å². The molecule has 5 nitrogen and oxygen atoms in total. The second-order valence-electron chi connectivity index (χ2n) is 5.06. The number of anilines is 1. The van der Waals surface area contributed by atoms with Crippen LogP contribution in [0.2, 0.25) is 0 Å². The van der Waals surface area contributed by atoms with E-state index in [1.807, 2.05) is 0 Å². The molecule has 106 valence electrons. The number of piperidine rings is 1. The third kappa shape index (κ3) is 3.56. The number of nitrogens with one attached hydrogen (secondary N) is 1. The highest BCUT2D eigenvalue weighted by Crippen LogP contribution is 2.17. The zero-order valence-electron chi connectivity index (χ0n) is 11.5. The zero-order chi connectivity index (χ0) is 14.4. The molecule has 1 aromatic rings. The van der Waals surface area contributed by atoms with Crippen molar-refractivity contribution < 1.29 is 4.79 Å². The second kappa shape index (κ2) is 7.04. The van der Waals surface area contributed by atoms with E-state index in [9.17, 15) is 4.79 Å². The maximum atomic E-state index is 12.1. The van der Waals surface area contributed by atoms with Crippen LogP contribution in [0.4, 0.5) is 5.69 Å². The average Bonchev–Trinajstić information content (AvgIpc) is 2.48. The normalized spacial score (nSPS) is 19.3. The fourth-order valence-corrected chi connectivity index (χ4v) is 2.60. The van der Waals surface area contributed by atoms with E-state index in [4.69, 9.17) is 11.0 Å². The minimum atomic E-state index is -0.0898. The highest BCUT2D eigenvalue weighted by atomic mass is 16.2. The molecule has 0 bridgehead atoms. The molecule has 1 heterocycles. The molecular weight excluding hydrogens is 252 g/mol. The van der Waals surface area contributed by atoms with Gasteiger partial charge < -0.3 is 11.1 Å². The van der Waals surface area contributed by atoms with Gasteiger partial charge >= 0.3 is 0 Å². The van der Waals surface area contributed by atoms with Gasteiger partial charge in [-0.1, -0.05) is 18.6 Å². The van der Waals surface area contributed by atoms with Crippen molar-refractivity contribution in [2.75, 3.05) is 25.0 Å². The van der Waals surface area contributed by atoms with Gasteiger partial charge in [0.15, 0.2) is 0 Å². The molecule has 1 aliphatic heterocycles. The van der Waals surface area contributed by atoms with Crippen LogP contribution in [0.5, 0.6) is 0 Å². The summed E-state index contributed by atoms with van der Waals surface area (Å²) in [6, 6.07) is 9.39. The molecular formula is C15H20N4O. The number of hydrogen-bond donors (Lipinski definition) is 2. The highest BCUT2D eigenvalue weighted by molar-refractivity contribution is 5.93. The summed E-state index contributed by atoms with van der Waals surface area (Å²) >= 11 is 0. The maximum Gasteiger partial charge on any atom is 0.238 e. The Balaban J connectivity index is 1.97. The van der Waals surface area contributed by atoms with Crippen LogP contribution in [0.1, 0.15) is 24.8 Å². The number of benzene rings is 1. The third-order valence-electron chi connectivity index (χ3n) is 3.69. The van der Waals surface area contributed by atoms with Crippen molar-refractivity contribution in [2.24, 2.45) is 5.73 Å². The summed E-state index contributed by atoms with van der Waals surface area (Å²) in [4.78, 5) is 14.2. The summed E-state index contributed by atoms with van der Waals surface area (Å²) in [5.74, 6) is -0.0898. The number of hydrogen-bond acceptors (Lipinski definition) is 4. The van der Waals surface area contributed by atoms with Gasteiger partial charge in [0.05, 0.1) is 17.8 Å². The lowest BCUT2D eigenvalue weighted by atomic mass is 10.0. The summed E-state index contributed by atoms with van der Waals surface area (Å²) in [7, 11) is 0. The first kappa shape index (κ1) is 14.5. The Kier molecular flexibility index (Phi) is 5.10. The first-order valence-corrected chi connectivity index (χ1v) is 6.97. The first-order valence-electron chi connectivity index (χ1n) is 6.97. The Labute approximate surface area is 119 Å². The quantitative estimate of drug-likeness (QED) is 0.865. The number of carbonyl (C=O) groups is 1. The summed E-state index contributed by atoms with van der Waals surface area (Å²) < 4.78 is 0. The topological polar surface area (TPSA) is 82.2 Å². The van der Waals surface area contributed by atoms with Gasteiger partial charge in [0.2, 0.25) is 5.91 Å². The van der Waals surface area contributed by atoms with E-state index in [0.29, 0.717) is 30.4 Å². The molecule has 0 radical (unpaired) electrons. The van der Waals surface area contributed by atoms with Crippen molar-refractivity contribution in [1.82, 2.24) is 4.90 Å². The summed E-state index contributed by atoms with van der Waals surface area (Å²) in [6.07, 6.45) is 3.34. The second-order valence-corrected chi connectivity index (χ2v) is 5.06. The van der Waals surface area contributed by atoms with Crippen molar-refractivity contribution >= 4 is 11.6 Å². The van der Waals surface area contributed by atoms with Crippen molar-refractivity contribution in [1.29, 1.82) is 5.26 Å². The monoisotopic (exact) mass is 272 g/mol. The van der Waals surface area contributed by atoms with Gasteiger partial charge in [-0.3, -0.25) is 9.69 Å². The number of para-hydroxylation sites is 1. The average molecular weight is 272 g/mol. The Bertz CT molecular complexity index is 509. The van der Waals surface area contributed by atoms with Crippen molar-refractivity contribution in [3.05, 3.63) is 29.8 Å². The van der Waals surface area contributed by atoms with Crippen LogP contribution in [0.3, 0.4) is 0 Å².